The molecule has 174 valence electrons. The third-order valence-electron chi connectivity index (χ3n) is 6.01. The third-order valence-corrected chi connectivity index (χ3v) is 6.44. The van der Waals surface area contributed by atoms with Crippen molar-refractivity contribution in [3.63, 3.8) is 0 Å². The Bertz CT molecular complexity index is 1280. The highest BCUT2D eigenvalue weighted by Crippen LogP contribution is 2.30. The molecular weight excluding hydrogens is 477 g/mol. The van der Waals surface area contributed by atoms with Gasteiger partial charge in [-0.25, -0.2) is 0 Å². The van der Waals surface area contributed by atoms with Crippen LogP contribution in [0, 0.1) is 11.8 Å². The van der Waals surface area contributed by atoms with Crippen molar-refractivity contribution < 1.29 is 14.4 Å². The summed E-state index contributed by atoms with van der Waals surface area (Å²) in [4.78, 5) is 38.8. The molecule has 5 N–H and O–H groups in total. The Morgan fingerprint density at radius 1 is 0.941 bits per heavy atom. The Kier molecular flexibility index (Phi) is 6.03. The van der Waals surface area contributed by atoms with Crippen molar-refractivity contribution in [3.05, 3.63) is 70.7 Å². The molecule has 0 saturated carbocycles. The van der Waals surface area contributed by atoms with Crippen LogP contribution < -0.4 is 26.6 Å². The van der Waals surface area contributed by atoms with Crippen molar-refractivity contribution in [1.82, 2.24) is 16.0 Å². The monoisotopic (exact) mass is 497 g/mol. The standard InChI is InChI=1S/C24H21Cl2N5O3/c25-13-8-14(26)10-15(9-13)27-24-30-21-20(23(34)31-24)17(11-19(32)29-21)22(33)28-18-7-3-5-12-4-1-2-6-16(12)18/h1-10,17,20-21,24,27,30H,11H2,(H,28,33)(H,29,32)(H,31,34). The van der Waals surface area contributed by atoms with Crippen LogP contribution in [0.4, 0.5) is 11.4 Å². The second-order valence-electron chi connectivity index (χ2n) is 8.31. The predicted molar refractivity (Wildman–Crippen MR) is 131 cm³/mol. The van der Waals surface area contributed by atoms with Crippen molar-refractivity contribution in [2.75, 3.05) is 10.6 Å². The minimum absolute atomic E-state index is 0.0884. The van der Waals surface area contributed by atoms with E-state index >= 15 is 0 Å². The molecule has 3 aromatic carbocycles. The molecule has 3 amide bonds. The molecule has 0 radical (unpaired) electrons. The average Bonchev–Trinajstić information content (AvgIpc) is 2.77. The number of nitrogens with one attached hydrogen (secondary N) is 5. The molecule has 4 unspecified atom stereocenters. The van der Waals surface area contributed by atoms with E-state index in [9.17, 15) is 14.4 Å². The number of hydrogen-bond acceptors (Lipinski definition) is 5. The maximum atomic E-state index is 13.3. The lowest BCUT2D eigenvalue weighted by atomic mass is 9.81. The molecule has 2 fully saturated rings. The number of hydrogen-bond donors (Lipinski definition) is 5. The van der Waals surface area contributed by atoms with Gasteiger partial charge in [0.2, 0.25) is 17.7 Å². The van der Waals surface area contributed by atoms with Crippen molar-refractivity contribution in [1.29, 1.82) is 0 Å². The molecule has 0 aromatic heterocycles. The molecule has 4 atom stereocenters. The van der Waals surface area contributed by atoms with Gasteiger partial charge in [-0.2, -0.15) is 0 Å². The van der Waals surface area contributed by atoms with Gasteiger partial charge in [-0.3, -0.25) is 19.7 Å². The van der Waals surface area contributed by atoms with E-state index in [1.54, 1.807) is 24.3 Å². The molecular formula is C24H21Cl2N5O3. The summed E-state index contributed by atoms with van der Waals surface area (Å²) in [7, 11) is 0. The fraction of sp³-hybridized carbons (Fsp3) is 0.208. The third kappa shape index (κ3) is 4.52. The van der Waals surface area contributed by atoms with Gasteiger partial charge in [0.05, 0.1) is 18.0 Å². The second kappa shape index (κ2) is 9.13. The molecule has 5 rings (SSSR count). The molecule has 2 saturated heterocycles. The van der Waals surface area contributed by atoms with Gasteiger partial charge >= 0.3 is 0 Å². The fourth-order valence-corrected chi connectivity index (χ4v) is 5.04. The van der Waals surface area contributed by atoms with Crippen LogP contribution in [0.5, 0.6) is 0 Å². The number of amides is 3. The van der Waals surface area contributed by atoms with Gasteiger partial charge < -0.3 is 21.3 Å². The number of benzene rings is 3. The summed E-state index contributed by atoms with van der Waals surface area (Å²) >= 11 is 12.1. The summed E-state index contributed by atoms with van der Waals surface area (Å²) in [5.74, 6) is -2.68. The molecule has 8 nitrogen and oxygen atoms in total. The van der Waals surface area contributed by atoms with Crippen LogP contribution in [0.3, 0.4) is 0 Å². The Morgan fingerprint density at radius 2 is 1.68 bits per heavy atom. The number of anilines is 2. The van der Waals surface area contributed by atoms with E-state index in [0.29, 0.717) is 21.4 Å². The first kappa shape index (κ1) is 22.5. The Labute approximate surface area is 205 Å². The molecule has 2 heterocycles. The van der Waals surface area contributed by atoms with E-state index < -0.39 is 24.3 Å². The predicted octanol–water partition coefficient (Wildman–Crippen LogP) is 3.28. The van der Waals surface area contributed by atoms with E-state index in [1.165, 1.54) is 0 Å². The zero-order valence-corrected chi connectivity index (χ0v) is 19.3. The van der Waals surface area contributed by atoms with Gasteiger partial charge in [0.1, 0.15) is 0 Å². The van der Waals surface area contributed by atoms with Crippen LogP contribution >= 0.6 is 23.2 Å². The highest BCUT2D eigenvalue weighted by Gasteiger charge is 2.48. The number of carbonyl (C=O) groups excluding carboxylic acids is 3. The Balaban J connectivity index is 1.34. The lowest BCUT2D eigenvalue weighted by Crippen LogP contribution is -2.72. The molecule has 2 aliphatic rings. The summed E-state index contributed by atoms with van der Waals surface area (Å²) in [6.07, 6.45) is -1.52. The van der Waals surface area contributed by atoms with E-state index in [0.717, 1.165) is 10.8 Å². The normalized spacial score (nSPS) is 24.1. The first-order valence-electron chi connectivity index (χ1n) is 10.7. The Morgan fingerprint density at radius 3 is 2.47 bits per heavy atom. The summed E-state index contributed by atoms with van der Waals surface area (Å²) in [6, 6.07) is 18.2. The van der Waals surface area contributed by atoms with Crippen LogP contribution in [0.2, 0.25) is 10.0 Å². The van der Waals surface area contributed by atoms with Gasteiger partial charge in [0.25, 0.3) is 0 Å². The molecule has 0 bridgehead atoms. The van der Waals surface area contributed by atoms with E-state index in [-0.39, 0.29) is 24.1 Å². The fourth-order valence-electron chi connectivity index (χ4n) is 4.52. The zero-order chi connectivity index (χ0) is 23.8. The molecule has 3 aromatic rings. The van der Waals surface area contributed by atoms with Crippen LogP contribution in [0.1, 0.15) is 6.42 Å². The van der Waals surface area contributed by atoms with E-state index in [2.05, 4.69) is 26.6 Å². The van der Waals surface area contributed by atoms with Crippen LogP contribution in [-0.4, -0.2) is 30.2 Å². The smallest absolute Gasteiger partial charge is 0.229 e. The minimum atomic E-state index is -0.841. The van der Waals surface area contributed by atoms with Gasteiger partial charge in [0, 0.05) is 33.2 Å². The number of rotatable bonds is 4. The van der Waals surface area contributed by atoms with Crippen LogP contribution in [0.15, 0.2) is 60.7 Å². The lowest BCUT2D eigenvalue weighted by Gasteiger charge is -2.43. The van der Waals surface area contributed by atoms with E-state index in [1.807, 2.05) is 36.4 Å². The number of carbonyl (C=O) groups is 3. The van der Waals surface area contributed by atoms with Crippen molar-refractivity contribution in [2.24, 2.45) is 11.8 Å². The maximum absolute atomic E-state index is 13.3. The summed E-state index contributed by atoms with van der Waals surface area (Å²) in [5.41, 5.74) is 1.22. The molecule has 2 aliphatic heterocycles. The van der Waals surface area contributed by atoms with Crippen molar-refractivity contribution in [2.45, 2.75) is 18.9 Å². The molecule has 10 heteroatoms. The minimum Gasteiger partial charge on any atom is -0.353 e. The summed E-state index contributed by atoms with van der Waals surface area (Å²) < 4.78 is 0. The SMILES string of the molecule is O=C1CC(C(=O)Nc2cccc3ccccc23)C2C(=O)NC(Nc3cc(Cl)cc(Cl)c3)NC2N1. The highest BCUT2D eigenvalue weighted by molar-refractivity contribution is 6.35. The number of halogens is 2. The highest BCUT2D eigenvalue weighted by atomic mass is 35.5. The summed E-state index contributed by atoms with van der Waals surface area (Å²) in [6.45, 7) is 0. The van der Waals surface area contributed by atoms with Gasteiger partial charge in [-0.15, -0.1) is 0 Å². The first-order valence-corrected chi connectivity index (χ1v) is 11.5. The Hall–Kier alpha value is -3.33. The zero-order valence-electron chi connectivity index (χ0n) is 17.8. The van der Waals surface area contributed by atoms with Crippen molar-refractivity contribution in [3.8, 4) is 0 Å². The quantitative estimate of drug-likeness (QED) is 0.379. The van der Waals surface area contributed by atoms with E-state index in [4.69, 9.17) is 23.2 Å². The summed E-state index contributed by atoms with van der Waals surface area (Å²) in [5, 5.41) is 17.5. The van der Waals surface area contributed by atoms with Gasteiger partial charge in [0.15, 0.2) is 6.29 Å². The molecule has 34 heavy (non-hydrogen) atoms. The van der Waals surface area contributed by atoms with Gasteiger partial charge in [-0.1, -0.05) is 59.6 Å². The molecule has 0 spiro atoms. The number of piperidine rings is 1. The van der Waals surface area contributed by atoms with Crippen LogP contribution in [-0.2, 0) is 14.4 Å². The van der Waals surface area contributed by atoms with Gasteiger partial charge in [-0.05, 0) is 29.7 Å². The second-order valence-corrected chi connectivity index (χ2v) is 9.18. The number of fused-ring (bicyclic) bond motifs is 2. The molecule has 0 aliphatic carbocycles. The van der Waals surface area contributed by atoms with Crippen LogP contribution in [0.25, 0.3) is 10.8 Å². The van der Waals surface area contributed by atoms with Crippen molar-refractivity contribution >= 4 is 63.1 Å². The lowest BCUT2D eigenvalue weighted by molar-refractivity contribution is -0.144. The first-order chi connectivity index (χ1) is 16.4. The largest absolute Gasteiger partial charge is 0.353 e. The maximum Gasteiger partial charge on any atom is 0.229 e. The average molecular weight is 498 g/mol. The topological polar surface area (TPSA) is 111 Å².